The Bertz CT molecular complexity index is 250. The molecular formula is C12H25N3O2. The van der Waals surface area contributed by atoms with Gasteiger partial charge in [-0.2, -0.15) is 0 Å². The molecule has 5 heteroatoms. The van der Waals surface area contributed by atoms with E-state index in [4.69, 9.17) is 0 Å². The summed E-state index contributed by atoms with van der Waals surface area (Å²) in [6.07, 6.45) is 2.15. The first-order valence-corrected chi connectivity index (χ1v) is 6.22. The number of aliphatic carboxylic acids is 1. The molecule has 0 aromatic heterocycles. The minimum atomic E-state index is -0.759. The molecule has 0 spiro atoms. The van der Waals surface area contributed by atoms with Gasteiger partial charge in [-0.3, -0.25) is 4.79 Å². The maximum Gasteiger partial charge on any atom is 0.322 e. The molecule has 1 saturated heterocycles. The van der Waals surface area contributed by atoms with Crippen LogP contribution < -0.4 is 5.32 Å². The largest absolute Gasteiger partial charge is 0.480 e. The summed E-state index contributed by atoms with van der Waals surface area (Å²) < 4.78 is 0. The normalized spacial score (nSPS) is 22.6. The predicted octanol–water partition coefficient (Wildman–Crippen LogP) is -0.0690. The van der Waals surface area contributed by atoms with Crippen LogP contribution in [0.2, 0.25) is 0 Å². The van der Waals surface area contributed by atoms with E-state index in [1.807, 2.05) is 19.0 Å². The van der Waals surface area contributed by atoms with Gasteiger partial charge in [-0.1, -0.05) is 0 Å². The molecule has 1 rings (SSSR count). The topological polar surface area (TPSA) is 55.8 Å². The molecule has 0 bridgehead atoms. The summed E-state index contributed by atoms with van der Waals surface area (Å²) in [6, 6.07) is -0.426. The van der Waals surface area contributed by atoms with Gasteiger partial charge in [-0.15, -0.1) is 0 Å². The Morgan fingerprint density at radius 2 is 1.94 bits per heavy atom. The number of nitrogens with zero attached hydrogens (tertiary/aromatic N) is 2. The van der Waals surface area contributed by atoms with Gasteiger partial charge in [-0.25, -0.2) is 0 Å². The second-order valence-corrected chi connectivity index (χ2v) is 5.20. The number of piperidine rings is 1. The summed E-state index contributed by atoms with van der Waals surface area (Å²) in [5.41, 5.74) is 0. The molecule has 0 radical (unpaired) electrons. The number of likely N-dealkylation sites (tertiary alicyclic amines) is 1. The van der Waals surface area contributed by atoms with E-state index in [-0.39, 0.29) is 6.04 Å². The fraction of sp³-hybridized carbons (Fsp3) is 0.917. The molecule has 100 valence electrons. The van der Waals surface area contributed by atoms with Crippen molar-refractivity contribution in [1.29, 1.82) is 0 Å². The van der Waals surface area contributed by atoms with Crippen LogP contribution in [-0.2, 0) is 4.79 Å². The SMILES string of the molecule is CNC(C(=O)O)C(C1CCN(C)CC1)N(C)C. The minimum absolute atomic E-state index is 0.0613. The van der Waals surface area contributed by atoms with Gasteiger partial charge in [0.2, 0.25) is 0 Å². The first kappa shape index (κ1) is 14.4. The molecule has 0 aliphatic carbocycles. The lowest BCUT2D eigenvalue weighted by molar-refractivity contribution is -0.142. The van der Waals surface area contributed by atoms with Crippen LogP contribution in [0, 0.1) is 5.92 Å². The molecule has 0 aromatic carbocycles. The third-order valence-electron chi connectivity index (χ3n) is 3.76. The number of carbonyl (C=O) groups is 1. The van der Waals surface area contributed by atoms with Gasteiger partial charge in [-0.05, 0) is 60.0 Å². The Labute approximate surface area is 104 Å². The summed E-state index contributed by atoms with van der Waals surface area (Å²) >= 11 is 0. The Balaban J connectivity index is 2.74. The van der Waals surface area contributed by atoms with E-state index in [2.05, 4.69) is 17.3 Å². The van der Waals surface area contributed by atoms with E-state index in [0.29, 0.717) is 5.92 Å². The van der Waals surface area contributed by atoms with Crippen LogP contribution in [0.5, 0.6) is 0 Å². The highest BCUT2D eigenvalue weighted by Gasteiger charge is 2.36. The number of hydrogen-bond acceptors (Lipinski definition) is 4. The standard InChI is InChI=1S/C12H25N3O2/c1-13-10(12(16)17)11(14(2)3)9-5-7-15(4)8-6-9/h9-11,13H,5-8H2,1-4H3,(H,16,17). The van der Waals surface area contributed by atoms with Crippen molar-refractivity contribution in [2.45, 2.75) is 24.9 Å². The van der Waals surface area contributed by atoms with E-state index in [0.717, 1.165) is 25.9 Å². The molecule has 1 fully saturated rings. The van der Waals surface area contributed by atoms with Gasteiger partial charge in [0, 0.05) is 6.04 Å². The van der Waals surface area contributed by atoms with E-state index in [1.54, 1.807) is 7.05 Å². The lowest BCUT2D eigenvalue weighted by Gasteiger charge is -2.40. The van der Waals surface area contributed by atoms with Crippen LogP contribution in [0.25, 0.3) is 0 Å². The maximum atomic E-state index is 11.3. The number of carboxylic acid groups (broad SMARTS) is 1. The molecular weight excluding hydrogens is 218 g/mol. The third-order valence-corrected chi connectivity index (χ3v) is 3.76. The monoisotopic (exact) mass is 243 g/mol. The van der Waals surface area contributed by atoms with Gasteiger partial charge in [0.15, 0.2) is 0 Å². The summed E-state index contributed by atoms with van der Waals surface area (Å²) in [5.74, 6) is -0.306. The number of rotatable bonds is 5. The van der Waals surface area contributed by atoms with Crippen LogP contribution in [0.15, 0.2) is 0 Å². The van der Waals surface area contributed by atoms with Crippen molar-refractivity contribution in [2.75, 3.05) is 41.3 Å². The Morgan fingerprint density at radius 1 is 1.41 bits per heavy atom. The molecule has 5 nitrogen and oxygen atoms in total. The summed E-state index contributed by atoms with van der Waals surface area (Å²) in [6.45, 7) is 2.12. The first-order valence-electron chi connectivity index (χ1n) is 6.22. The highest BCUT2D eigenvalue weighted by Crippen LogP contribution is 2.24. The number of hydrogen-bond donors (Lipinski definition) is 2. The van der Waals surface area contributed by atoms with Crippen LogP contribution in [0.4, 0.5) is 0 Å². The fourth-order valence-electron chi connectivity index (χ4n) is 2.80. The van der Waals surface area contributed by atoms with Gasteiger partial charge < -0.3 is 20.2 Å². The van der Waals surface area contributed by atoms with Crippen molar-refractivity contribution >= 4 is 5.97 Å². The Kier molecular flexibility index (Phi) is 5.36. The molecule has 2 N–H and O–H groups in total. The molecule has 2 atom stereocenters. The summed E-state index contributed by atoms with van der Waals surface area (Å²) in [5, 5.41) is 12.2. The van der Waals surface area contributed by atoms with Crippen LogP contribution in [0.1, 0.15) is 12.8 Å². The average Bonchev–Trinajstić information content (AvgIpc) is 2.26. The van der Waals surface area contributed by atoms with E-state index < -0.39 is 12.0 Å². The van der Waals surface area contributed by atoms with Crippen molar-refractivity contribution in [1.82, 2.24) is 15.1 Å². The molecule has 0 amide bonds. The zero-order valence-corrected chi connectivity index (χ0v) is 11.3. The quantitative estimate of drug-likeness (QED) is 0.708. The van der Waals surface area contributed by atoms with E-state index in [9.17, 15) is 9.90 Å². The van der Waals surface area contributed by atoms with Crippen LogP contribution >= 0.6 is 0 Å². The first-order chi connectivity index (χ1) is 7.97. The van der Waals surface area contributed by atoms with Crippen LogP contribution in [-0.4, -0.2) is 74.2 Å². The van der Waals surface area contributed by atoms with Crippen LogP contribution in [0.3, 0.4) is 0 Å². The number of likely N-dealkylation sites (N-methyl/N-ethyl adjacent to an activating group) is 2. The van der Waals surface area contributed by atoms with Crippen molar-refractivity contribution in [3.05, 3.63) is 0 Å². The van der Waals surface area contributed by atoms with E-state index in [1.165, 1.54) is 0 Å². The zero-order chi connectivity index (χ0) is 13.0. The molecule has 2 unspecified atom stereocenters. The summed E-state index contributed by atoms with van der Waals surface area (Å²) in [7, 11) is 7.78. The van der Waals surface area contributed by atoms with Gasteiger partial charge in [0.05, 0.1) is 0 Å². The van der Waals surface area contributed by atoms with Crippen molar-refractivity contribution < 1.29 is 9.90 Å². The van der Waals surface area contributed by atoms with Crippen molar-refractivity contribution in [3.63, 3.8) is 0 Å². The van der Waals surface area contributed by atoms with Gasteiger partial charge >= 0.3 is 5.97 Å². The molecule has 1 aliphatic rings. The number of nitrogens with one attached hydrogen (secondary N) is 1. The lowest BCUT2D eigenvalue weighted by atomic mass is 9.84. The van der Waals surface area contributed by atoms with E-state index >= 15 is 0 Å². The molecule has 1 heterocycles. The predicted molar refractivity (Wildman–Crippen MR) is 68.2 cm³/mol. The Morgan fingerprint density at radius 3 is 2.29 bits per heavy atom. The molecule has 17 heavy (non-hydrogen) atoms. The second-order valence-electron chi connectivity index (χ2n) is 5.20. The molecule has 0 aromatic rings. The fourth-order valence-corrected chi connectivity index (χ4v) is 2.80. The lowest BCUT2D eigenvalue weighted by Crippen LogP contribution is -2.56. The second kappa shape index (κ2) is 6.33. The highest BCUT2D eigenvalue weighted by atomic mass is 16.4. The third kappa shape index (κ3) is 3.66. The van der Waals surface area contributed by atoms with Crippen molar-refractivity contribution in [3.8, 4) is 0 Å². The van der Waals surface area contributed by atoms with Gasteiger partial charge in [0.1, 0.15) is 6.04 Å². The average molecular weight is 243 g/mol. The molecule has 0 saturated carbocycles. The van der Waals surface area contributed by atoms with Crippen molar-refractivity contribution in [2.24, 2.45) is 5.92 Å². The smallest absolute Gasteiger partial charge is 0.322 e. The number of carboxylic acids is 1. The molecule has 1 aliphatic heterocycles. The highest BCUT2D eigenvalue weighted by molar-refractivity contribution is 5.74. The zero-order valence-electron chi connectivity index (χ0n) is 11.3. The summed E-state index contributed by atoms with van der Waals surface area (Å²) in [4.78, 5) is 15.6. The minimum Gasteiger partial charge on any atom is -0.480 e. The van der Waals surface area contributed by atoms with Gasteiger partial charge in [0.25, 0.3) is 0 Å². The maximum absolute atomic E-state index is 11.3. The Hall–Kier alpha value is -0.650.